The third-order valence-corrected chi connectivity index (χ3v) is 7.59. The predicted octanol–water partition coefficient (Wildman–Crippen LogP) is 5.02. The summed E-state index contributed by atoms with van der Waals surface area (Å²) in [6.07, 6.45) is -10.6. The lowest BCUT2D eigenvalue weighted by atomic mass is 9.75. The van der Waals surface area contributed by atoms with Crippen LogP contribution < -0.4 is 10.6 Å². The molecule has 0 aromatic heterocycles. The summed E-state index contributed by atoms with van der Waals surface area (Å²) in [5.41, 5.74) is -4.47. The minimum atomic E-state index is -4.98. The van der Waals surface area contributed by atoms with E-state index in [0.717, 1.165) is 5.56 Å². The number of hydrogen-bond acceptors (Lipinski definition) is 5. The zero-order valence-electron chi connectivity index (χ0n) is 21.8. The Bertz CT molecular complexity index is 1190. The van der Waals surface area contributed by atoms with Crippen molar-refractivity contribution in [2.24, 2.45) is 0 Å². The number of carbonyl (C=O) groups excluding carboxylic acids is 2. The van der Waals surface area contributed by atoms with Crippen LogP contribution in [0.5, 0.6) is 0 Å². The number of halogens is 6. The van der Waals surface area contributed by atoms with Gasteiger partial charge in [0.25, 0.3) is 5.91 Å². The molecule has 2 heterocycles. The van der Waals surface area contributed by atoms with Crippen LogP contribution in [0.2, 0.25) is 0 Å². The Hall–Kier alpha value is -3.16. The Morgan fingerprint density at radius 1 is 0.975 bits per heavy atom. The van der Waals surface area contributed by atoms with E-state index >= 15 is 0 Å². The van der Waals surface area contributed by atoms with Crippen LogP contribution in [0.3, 0.4) is 0 Å². The SMILES string of the molecule is COCCN1C(=O)NC(=O)C12CC[C@@](COC(C)c1cc(C(F)(F)F)cc(C(F)(F)F)c1)(c1ccccc1)NC2. The number of nitrogens with one attached hydrogen (secondary N) is 2. The molecule has 40 heavy (non-hydrogen) atoms. The third-order valence-electron chi connectivity index (χ3n) is 7.59. The minimum absolute atomic E-state index is 0.0443. The minimum Gasteiger partial charge on any atom is -0.383 e. The van der Waals surface area contributed by atoms with Crippen molar-refractivity contribution >= 4 is 11.9 Å². The van der Waals surface area contributed by atoms with Crippen molar-refractivity contribution in [3.8, 4) is 0 Å². The number of rotatable bonds is 8. The van der Waals surface area contributed by atoms with Gasteiger partial charge >= 0.3 is 18.4 Å². The van der Waals surface area contributed by atoms with Crippen molar-refractivity contribution in [2.45, 2.75) is 49.3 Å². The highest BCUT2D eigenvalue weighted by molar-refractivity contribution is 6.07. The summed E-state index contributed by atoms with van der Waals surface area (Å²) >= 11 is 0. The second-order valence-electron chi connectivity index (χ2n) is 10.0. The van der Waals surface area contributed by atoms with Gasteiger partial charge in [-0.15, -0.1) is 0 Å². The Kier molecular flexibility index (Phi) is 8.21. The molecule has 2 aromatic carbocycles. The van der Waals surface area contributed by atoms with Gasteiger partial charge in [-0.1, -0.05) is 30.3 Å². The molecule has 2 aromatic rings. The van der Waals surface area contributed by atoms with Gasteiger partial charge in [-0.05, 0) is 49.1 Å². The standard InChI is InChI=1S/C27H29F6N3O4/c1-17(18-12-20(26(28,29)30)14-21(13-18)27(31,32)33)40-16-24(19-6-4-3-5-7-19)8-9-25(15-34-24)22(37)35-23(38)36(25)10-11-39-2/h3-7,12-14,17,34H,8-11,15-16H2,1-2H3,(H,35,37,38)/t17?,24-,25?/m1/s1. The van der Waals surface area contributed by atoms with Crippen LogP contribution in [0, 0.1) is 0 Å². The molecule has 3 amide bonds. The summed E-state index contributed by atoms with van der Waals surface area (Å²) in [4.78, 5) is 26.8. The smallest absolute Gasteiger partial charge is 0.383 e. The Labute approximate surface area is 226 Å². The number of hydrogen-bond donors (Lipinski definition) is 2. The first-order valence-electron chi connectivity index (χ1n) is 12.6. The molecule has 2 saturated heterocycles. The Balaban J connectivity index is 1.60. The van der Waals surface area contributed by atoms with Gasteiger partial charge in [0.15, 0.2) is 0 Å². The number of nitrogens with zero attached hydrogens (tertiary/aromatic N) is 1. The van der Waals surface area contributed by atoms with Gasteiger partial charge in [-0.3, -0.25) is 10.1 Å². The first kappa shape index (κ1) is 29.8. The number of ether oxygens (including phenoxy) is 2. The van der Waals surface area contributed by atoms with Gasteiger partial charge in [-0.2, -0.15) is 26.3 Å². The van der Waals surface area contributed by atoms with Gasteiger partial charge in [0, 0.05) is 20.2 Å². The summed E-state index contributed by atoms with van der Waals surface area (Å²) in [5, 5.41) is 5.68. The quantitative estimate of drug-likeness (QED) is 0.343. The highest BCUT2D eigenvalue weighted by Crippen LogP contribution is 2.41. The molecule has 7 nitrogen and oxygen atoms in total. The van der Waals surface area contributed by atoms with Crippen molar-refractivity contribution in [3.63, 3.8) is 0 Å². The summed E-state index contributed by atoms with van der Waals surface area (Å²) in [6.45, 7) is 1.69. The van der Waals surface area contributed by atoms with E-state index in [-0.39, 0.29) is 50.8 Å². The topological polar surface area (TPSA) is 79.9 Å². The van der Waals surface area contributed by atoms with E-state index in [2.05, 4.69) is 10.6 Å². The maximum atomic E-state index is 13.4. The zero-order chi connectivity index (χ0) is 29.3. The van der Waals surface area contributed by atoms with Gasteiger partial charge in [0.2, 0.25) is 0 Å². The van der Waals surface area contributed by atoms with Crippen molar-refractivity contribution in [1.82, 2.24) is 15.5 Å². The van der Waals surface area contributed by atoms with Crippen LogP contribution in [0.25, 0.3) is 0 Å². The molecular formula is C27H29F6N3O4. The van der Waals surface area contributed by atoms with Gasteiger partial charge < -0.3 is 19.7 Å². The highest BCUT2D eigenvalue weighted by Gasteiger charge is 2.56. The molecule has 0 aliphatic carbocycles. The summed E-state index contributed by atoms with van der Waals surface area (Å²) in [5.74, 6) is -0.458. The highest BCUT2D eigenvalue weighted by atomic mass is 19.4. The molecule has 4 rings (SSSR count). The van der Waals surface area contributed by atoms with Crippen LogP contribution in [0.15, 0.2) is 48.5 Å². The average molecular weight is 574 g/mol. The number of urea groups is 1. The summed E-state index contributed by atoms with van der Waals surface area (Å²) in [6, 6.07) is 9.83. The van der Waals surface area contributed by atoms with Crippen molar-refractivity contribution in [1.29, 1.82) is 0 Å². The second-order valence-corrected chi connectivity index (χ2v) is 10.0. The van der Waals surface area contributed by atoms with Crippen molar-refractivity contribution in [2.75, 3.05) is 33.4 Å². The van der Waals surface area contributed by atoms with E-state index < -0.39 is 52.6 Å². The van der Waals surface area contributed by atoms with E-state index in [1.54, 1.807) is 18.2 Å². The van der Waals surface area contributed by atoms with Gasteiger partial charge in [-0.25, -0.2) is 4.79 Å². The first-order valence-corrected chi connectivity index (χ1v) is 12.6. The number of alkyl halides is 6. The third kappa shape index (κ3) is 5.81. The normalized spacial score (nSPS) is 24.4. The van der Waals surface area contributed by atoms with Gasteiger partial charge in [0.1, 0.15) is 5.54 Å². The van der Waals surface area contributed by atoms with E-state index in [9.17, 15) is 35.9 Å². The molecular weight excluding hydrogens is 544 g/mol. The van der Waals surface area contributed by atoms with Crippen LogP contribution >= 0.6 is 0 Å². The maximum absolute atomic E-state index is 13.4. The number of imide groups is 1. The average Bonchev–Trinajstić information content (AvgIpc) is 3.14. The zero-order valence-corrected chi connectivity index (χ0v) is 21.8. The first-order chi connectivity index (χ1) is 18.7. The molecule has 3 atom stereocenters. The molecule has 2 N–H and O–H groups in total. The predicted molar refractivity (Wildman–Crippen MR) is 131 cm³/mol. The van der Waals surface area contributed by atoms with E-state index in [0.29, 0.717) is 12.1 Å². The molecule has 2 aliphatic heterocycles. The fourth-order valence-electron chi connectivity index (χ4n) is 5.22. The molecule has 13 heteroatoms. The van der Waals surface area contributed by atoms with E-state index in [1.165, 1.54) is 18.9 Å². The lowest BCUT2D eigenvalue weighted by Crippen LogP contribution is -2.65. The van der Waals surface area contributed by atoms with Crippen LogP contribution in [0.1, 0.15) is 48.1 Å². The number of carbonyl (C=O) groups is 2. The molecule has 218 valence electrons. The molecule has 0 saturated carbocycles. The fraction of sp³-hybridized carbons (Fsp3) is 0.481. The molecule has 0 bridgehead atoms. The maximum Gasteiger partial charge on any atom is 0.416 e. The lowest BCUT2D eigenvalue weighted by Gasteiger charge is -2.47. The molecule has 1 spiro atoms. The fourth-order valence-corrected chi connectivity index (χ4v) is 5.22. The largest absolute Gasteiger partial charge is 0.416 e. The van der Waals surface area contributed by atoms with Crippen LogP contribution in [-0.4, -0.2) is 55.8 Å². The molecule has 2 unspecified atom stereocenters. The summed E-state index contributed by atoms with van der Waals surface area (Å²) < 4.78 is 91.3. The summed E-state index contributed by atoms with van der Waals surface area (Å²) in [7, 11) is 1.47. The number of benzene rings is 2. The van der Waals surface area contributed by atoms with Gasteiger partial charge in [0.05, 0.1) is 36.0 Å². The van der Waals surface area contributed by atoms with Crippen molar-refractivity contribution < 1.29 is 45.4 Å². The molecule has 2 aliphatic rings. The van der Waals surface area contributed by atoms with Crippen molar-refractivity contribution in [3.05, 3.63) is 70.8 Å². The number of amides is 3. The van der Waals surface area contributed by atoms with E-state index in [1.807, 2.05) is 12.1 Å². The lowest BCUT2D eigenvalue weighted by molar-refractivity contribution is -0.143. The van der Waals surface area contributed by atoms with Crippen LogP contribution in [-0.2, 0) is 32.2 Å². The monoisotopic (exact) mass is 573 g/mol. The Morgan fingerprint density at radius 3 is 2.12 bits per heavy atom. The number of piperidine rings is 1. The molecule has 2 fully saturated rings. The van der Waals surface area contributed by atoms with E-state index in [4.69, 9.17) is 9.47 Å². The number of methoxy groups -OCH3 is 1. The van der Waals surface area contributed by atoms with Crippen LogP contribution in [0.4, 0.5) is 31.1 Å². The Morgan fingerprint density at radius 2 is 1.60 bits per heavy atom. The second kappa shape index (κ2) is 11.0. The molecule has 0 radical (unpaired) electrons.